The van der Waals surface area contributed by atoms with Crippen molar-refractivity contribution in [2.45, 2.75) is 18.9 Å². The van der Waals surface area contributed by atoms with E-state index in [0.29, 0.717) is 22.1 Å². The number of carbonyl (C=O) groups excluding carboxylic acids is 3. The van der Waals surface area contributed by atoms with E-state index in [0.717, 1.165) is 5.56 Å². The van der Waals surface area contributed by atoms with Gasteiger partial charge in [0.15, 0.2) is 0 Å². The van der Waals surface area contributed by atoms with Gasteiger partial charge < -0.3 is 14.8 Å². The highest BCUT2D eigenvalue weighted by atomic mass is 16.5. The van der Waals surface area contributed by atoms with Gasteiger partial charge in [-0.3, -0.25) is 15.0 Å². The Labute approximate surface area is 162 Å². The number of nitrogens with zero attached hydrogens (tertiary/aromatic N) is 1. The Morgan fingerprint density at radius 1 is 1.07 bits per heavy atom. The number of hydrogen-bond acceptors (Lipinski definition) is 5. The zero-order valence-corrected chi connectivity index (χ0v) is 15.8. The monoisotopic (exact) mass is 383 g/mol. The molecule has 0 spiro atoms. The van der Waals surface area contributed by atoms with Crippen molar-refractivity contribution in [3.63, 3.8) is 0 Å². The van der Waals surface area contributed by atoms with E-state index in [-0.39, 0.29) is 6.42 Å². The van der Waals surface area contributed by atoms with Crippen LogP contribution in [-0.4, -0.2) is 37.1 Å². The van der Waals surface area contributed by atoms with Crippen molar-refractivity contribution in [2.75, 3.05) is 14.2 Å². The van der Waals surface area contributed by atoms with Gasteiger partial charge in [0.05, 0.1) is 20.6 Å². The van der Waals surface area contributed by atoms with Crippen molar-refractivity contribution in [3.05, 3.63) is 59.7 Å². The minimum absolute atomic E-state index is 0.0108. The Morgan fingerprint density at radius 2 is 1.75 bits per heavy atom. The van der Waals surface area contributed by atoms with Crippen LogP contribution >= 0.6 is 0 Å². The molecule has 8 heteroatoms. The summed E-state index contributed by atoms with van der Waals surface area (Å²) < 4.78 is 10.3. The second-order valence-electron chi connectivity index (χ2n) is 6.49. The van der Waals surface area contributed by atoms with Gasteiger partial charge in [-0.15, -0.1) is 0 Å². The van der Waals surface area contributed by atoms with Crippen LogP contribution in [0.15, 0.2) is 48.5 Å². The maximum absolute atomic E-state index is 12.9. The molecule has 0 radical (unpaired) electrons. The van der Waals surface area contributed by atoms with Gasteiger partial charge in [-0.1, -0.05) is 24.3 Å². The third-order valence-corrected chi connectivity index (χ3v) is 4.60. The number of hydrazine groups is 1. The van der Waals surface area contributed by atoms with Crippen LogP contribution in [0.3, 0.4) is 0 Å². The van der Waals surface area contributed by atoms with Crippen LogP contribution in [0, 0.1) is 0 Å². The summed E-state index contributed by atoms with van der Waals surface area (Å²) in [4.78, 5) is 37.5. The second kappa shape index (κ2) is 7.59. The Kier molecular flexibility index (Phi) is 5.21. The molecule has 0 saturated carbocycles. The molecular formula is C20H21N3O5. The molecule has 146 valence electrons. The number of nitrogens with one attached hydrogen (secondary N) is 2. The molecule has 1 atom stereocenters. The van der Waals surface area contributed by atoms with Gasteiger partial charge in [0.1, 0.15) is 17.0 Å². The lowest BCUT2D eigenvalue weighted by atomic mass is 9.92. The molecule has 28 heavy (non-hydrogen) atoms. The number of amides is 4. The molecule has 1 aliphatic heterocycles. The summed E-state index contributed by atoms with van der Waals surface area (Å²) in [7, 11) is 3.07. The van der Waals surface area contributed by atoms with E-state index < -0.39 is 23.4 Å². The van der Waals surface area contributed by atoms with Crippen LogP contribution in [0.5, 0.6) is 11.5 Å². The quantitative estimate of drug-likeness (QED) is 0.741. The average molecular weight is 383 g/mol. The Hall–Kier alpha value is -3.55. The Bertz CT molecular complexity index is 912. The highest BCUT2D eigenvalue weighted by Gasteiger charge is 2.50. The maximum atomic E-state index is 12.9. The van der Waals surface area contributed by atoms with E-state index in [1.54, 1.807) is 62.6 Å². The summed E-state index contributed by atoms with van der Waals surface area (Å²) in [6.07, 6.45) is 0.0108. The minimum atomic E-state index is -1.31. The number of imide groups is 1. The Morgan fingerprint density at radius 3 is 2.39 bits per heavy atom. The third-order valence-electron chi connectivity index (χ3n) is 4.60. The second-order valence-corrected chi connectivity index (χ2v) is 6.49. The van der Waals surface area contributed by atoms with Crippen molar-refractivity contribution in [1.29, 1.82) is 0 Å². The fraction of sp³-hybridized carbons (Fsp3) is 0.250. The van der Waals surface area contributed by atoms with E-state index in [1.807, 2.05) is 0 Å². The van der Waals surface area contributed by atoms with Gasteiger partial charge in [-0.05, 0) is 42.3 Å². The zero-order valence-electron chi connectivity index (χ0n) is 15.8. The summed E-state index contributed by atoms with van der Waals surface area (Å²) in [6.45, 7) is 1.58. The van der Waals surface area contributed by atoms with Crippen LogP contribution < -0.4 is 20.2 Å². The number of ether oxygens (including phenoxy) is 2. The number of urea groups is 1. The summed E-state index contributed by atoms with van der Waals surface area (Å²) >= 11 is 0. The molecule has 2 N–H and O–H groups in total. The first-order valence-corrected chi connectivity index (χ1v) is 8.61. The van der Waals surface area contributed by atoms with Gasteiger partial charge in [0.25, 0.3) is 5.91 Å². The van der Waals surface area contributed by atoms with Crippen molar-refractivity contribution in [3.8, 4) is 11.5 Å². The normalized spacial score (nSPS) is 18.6. The lowest BCUT2D eigenvalue weighted by molar-refractivity contribution is -0.138. The summed E-state index contributed by atoms with van der Waals surface area (Å²) in [5.41, 5.74) is 2.35. The van der Waals surface area contributed by atoms with Crippen LogP contribution in [0.1, 0.15) is 18.1 Å². The summed E-state index contributed by atoms with van der Waals surface area (Å²) in [5, 5.41) is 3.35. The van der Waals surface area contributed by atoms with E-state index in [1.165, 1.54) is 7.11 Å². The third kappa shape index (κ3) is 3.62. The van der Waals surface area contributed by atoms with Crippen LogP contribution in [-0.2, 0) is 21.5 Å². The smallest absolute Gasteiger partial charge is 0.344 e. The van der Waals surface area contributed by atoms with Crippen molar-refractivity contribution >= 4 is 17.8 Å². The van der Waals surface area contributed by atoms with Gasteiger partial charge in [0.2, 0.25) is 5.91 Å². The van der Waals surface area contributed by atoms with Crippen molar-refractivity contribution in [1.82, 2.24) is 15.8 Å². The molecule has 1 heterocycles. The molecule has 0 unspecified atom stereocenters. The largest absolute Gasteiger partial charge is 0.497 e. The van der Waals surface area contributed by atoms with E-state index in [4.69, 9.17) is 9.47 Å². The number of carbonyl (C=O) groups is 3. The van der Waals surface area contributed by atoms with E-state index >= 15 is 0 Å². The molecule has 0 bridgehead atoms. The first-order valence-electron chi connectivity index (χ1n) is 8.61. The predicted octanol–water partition coefficient (Wildman–Crippen LogP) is 1.74. The average Bonchev–Trinajstić information content (AvgIpc) is 2.92. The van der Waals surface area contributed by atoms with Crippen molar-refractivity contribution in [2.24, 2.45) is 0 Å². The fourth-order valence-electron chi connectivity index (χ4n) is 2.96. The maximum Gasteiger partial charge on any atom is 0.344 e. The highest BCUT2D eigenvalue weighted by Crippen LogP contribution is 2.30. The number of methoxy groups -OCH3 is 2. The first kappa shape index (κ1) is 19.2. The topological polar surface area (TPSA) is 97.0 Å². The highest BCUT2D eigenvalue weighted by molar-refractivity contribution is 6.08. The molecule has 2 aromatic carbocycles. The first-order chi connectivity index (χ1) is 13.4. The number of rotatable bonds is 6. The predicted molar refractivity (Wildman–Crippen MR) is 101 cm³/mol. The van der Waals surface area contributed by atoms with Gasteiger partial charge in [-0.2, -0.15) is 5.01 Å². The number of hydrogen-bond donors (Lipinski definition) is 2. The number of benzene rings is 2. The van der Waals surface area contributed by atoms with Crippen LogP contribution in [0.25, 0.3) is 0 Å². The summed E-state index contributed by atoms with van der Waals surface area (Å²) in [5.74, 6) is 0.174. The fourth-order valence-corrected chi connectivity index (χ4v) is 2.96. The molecule has 1 aliphatic rings. The molecular weight excluding hydrogens is 362 g/mol. The van der Waals surface area contributed by atoms with Crippen LogP contribution in [0.2, 0.25) is 0 Å². The Balaban J connectivity index is 1.73. The van der Waals surface area contributed by atoms with Gasteiger partial charge >= 0.3 is 6.03 Å². The van der Waals surface area contributed by atoms with E-state index in [2.05, 4.69) is 10.7 Å². The molecule has 3 rings (SSSR count). The van der Waals surface area contributed by atoms with Crippen molar-refractivity contribution < 1.29 is 23.9 Å². The standard InChI is InChI=1S/C20H21N3O5/c1-20(14-5-4-6-16(12-14)28-3)18(25)23(19(26)21-20)22-17(24)11-13-7-9-15(27-2)10-8-13/h4-10,12H,11H2,1-3H3,(H,21,26)(H,22,24)/t20-/m1/s1. The van der Waals surface area contributed by atoms with E-state index in [9.17, 15) is 14.4 Å². The SMILES string of the molecule is COc1ccc(CC(=O)NN2C(=O)N[C@](C)(c3cccc(OC)c3)C2=O)cc1. The lowest BCUT2D eigenvalue weighted by Gasteiger charge is -2.22. The molecule has 0 aliphatic carbocycles. The summed E-state index contributed by atoms with van der Waals surface area (Å²) in [6, 6.07) is 13.1. The van der Waals surface area contributed by atoms with Gasteiger partial charge in [0, 0.05) is 0 Å². The molecule has 2 aromatic rings. The zero-order chi connectivity index (χ0) is 20.3. The molecule has 4 amide bonds. The molecule has 0 aromatic heterocycles. The van der Waals surface area contributed by atoms with Crippen LogP contribution in [0.4, 0.5) is 4.79 Å². The minimum Gasteiger partial charge on any atom is -0.497 e. The lowest BCUT2D eigenvalue weighted by Crippen LogP contribution is -2.48. The van der Waals surface area contributed by atoms with Gasteiger partial charge in [-0.25, -0.2) is 4.79 Å². The molecule has 1 fully saturated rings. The molecule has 1 saturated heterocycles. The molecule has 8 nitrogen and oxygen atoms in total.